The minimum Gasteiger partial charge on any atom is -0.262 e. The van der Waals surface area contributed by atoms with E-state index in [1.54, 1.807) is 18.6 Å². The van der Waals surface area contributed by atoms with Crippen LogP contribution in [0.4, 0.5) is 0 Å². The summed E-state index contributed by atoms with van der Waals surface area (Å²) in [5.74, 6) is 0. The number of fused-ring (bicyclic) bond motifs is 1. The molecule has 0 aromatic carbocycles. The molecule has 0 saturated carbocycles. The third-order valence-electron chi connectivity index (χ3n) is 1.41. The quantitative estimate of drug-likeness (QED) is 0.657. The summed E-state index contributed by atoms with van der Waals surface area (Å²) in [6.07, 6.45) is 5.30. The Bertz CT molecular complexity index is 286. The zero-order valence-corrected chi connectivity index (χ0v) is 7.81. The SMILES string of the molecule is Cl.Cl.c1cnc2cnccc2c1. The molecular weight excluding hydrogens is 195 g/mol. The maximum absolute atomic E-state index is 4.12. The van der Waals surface area contributed by atoms with Crippen molar-refractivity contribution in [2.75, 3.05) is 0 Å². The minimum absolute atomic E-state index is 0. The third-order valence-corrected chi connectivity index (χ3v) is 1.41. The van der Waals surface area contributed by atoms with E-state index in [0.717, 1.165) is 10.9 Å². The molecule has 0 spiro atoms. The minimum atomic E-state index is 0. The van der Waals surface area contributed by atoms with E-state index in [0.29, 0.717) is 0 Å². The van der Waals surface area contributed by atoms with Crippen LogP contribution in [0, 0.1) is 0 Å². The zero-order chi connectivity index (χ0) is 6.81. The molecule has 0 unspecified atom stereocenters. The predicted molar refractivity (Wildman–Crippen MR) is 54.0 cm³/mol. The molecule has 2 nitrogen and oxygen atoms in total. The number of pyridine rings is 2. The van der Waals surface area contributed by atoms with Crippen LogP contribution < -0.4 is 0 Å². The third kappa shape index (κ3) is 2.06. The van der Waals surface area contributed by atoms with Gasteiger partial charge in [0.1, 0.15) is 0 Å². The summed E-state index contributed by atoms with van der Waals surface area (Å²) < 4.78 is 0. The van der Waals surface area contributed by atoms with Crippen LogP contribution >= 0.6 is 24.8 Å². The van der Waals surface area contributed by atoms with Crippen LogP contribution in [-0.2, 0) is 0 Å². The van der Waals surface area contributed by atoms with Crippen LogP contribution in [-0.4, -0.2) is 9.97 Å². The molecular formula is C8H8Cl2N2. The lowest BCUT2D eigenvalue weighted by molar-refractivity contribution is 1.31. The molecule has 0 amide bonds. The highest BCUT2D eigenvalue weighted by molar-refractivity contribution is 5.85. The van der Waals surface area contributed by atoms with E-state index in [2.05, 4.69) is 9.97 Å². The molecule has 4 heteroatoms. The van der Waals surface area contributed by atoms with E-state index in [1.165, 1.54) is 0 Å². The first-order valence-electron chi connectivity index (χ1n) is 3.11. The number of aromatic nitrogens is 2. The van der Waals surface area contributed by atoms with Crippen LogP contribution in [0.3, 0.4) is 0 Å². The summed E-state index contributed by atoms with van der Waals surface area (Å²) in [4.78, 5) is 8.07. The average molecular weight is 203 g/mol. The van der Waals surface area contributed by atoms with Gasteiger partial charge in [0, 0.05) is 17.8 Å². The molecule has 2 heterocycles. The van der Waals surface area contributed by atoms with Crippen molar-refractivity contribution in [2.45, 2.75) is 0 Å². The molecule has 0 radical (unpaired) electrons. The Labute approximate surface area is 82.9 Å². The van der Waals surface area contributed by atoms with E-state index in [9.17, 15) is 0 Å². The lowest BCUT2D eigenvalue weighted by atomic mass is 10.3. The van der Waals surface area contributed by atoms with Gasteiger partial charge in [-0.25, -0.2) is 0 Å². The Kier molecular flexibility index (Phi) is 4.55. The molecule has 0 atom stereocenters. The van der Waals surface area contributed by atoms with Gasteiger partial charge in [-0.1, -0.05) is 6.07 Å². The highest BCUT2D eigenvalue weighted by atomic mass is 35.5. The van der Waals surface area contributed by atoms with Crippen LogP contribution in [0.25, 0.3) is 10.9 Å². The second-order valence-corrected chi connectivity index (χ2v) is 2.07. The van der Waals surface area contributed by atoms with Gasteiger partial charge in [-0.05, 0) is 12.1 Å². The summed E-state index contributed by atoms with van der Waals surface area (Å²) in [6, 6.07) is 5.88. The van der Waals surface area contributed by atoms with Crippen molar-refractivity contribution in [1.29, 1.82) is 0 Å². The zero-order valence-electron chi connectivity index (χ0n) is 6.18. The first kappa shape index (κ1) is 11.1. The fourth-order valence-electron chi connectivity index (χ4n) is 0.916. The molecule has 0 saturated heterocycles. The average Bonchev–Trinajstić information content (AvgIpc) is 2.05. The van der Waals surface area contributed by atoms with Gasteiger partial charge in [-0.2, -0.15) is 0 Å². The van der Waals surface area contributed by atoms with Crippen molar-refractivity contribution in [3.63, 3.8) is 0 Å². The molecule has 0 aliphatic rings. The maximum atomic E-state index is 4.12. The molecule has 2 aromatic rings. The number of halogens is 2. The van der Waals surface area contributed by atoms with Crippen LogP contribution in [0.5, 0.6) is 0 Å². The first-order chi connectivity index (χ1) is 4.97. The fourth-order valence-corrected chi connectivity index (χ4v) is 0.916. The fraction of sp³-hybridized carbons (Fsp3) is 0. The molecule has 0 fully saturated rings. The molecule has 0 aliphatic carbocycles. The molecule has 0 bridgehead atoms. The number of hydrogen-bond acceptors (Lipinski definition) is 2. The van der Waals surface area contributed by atoms with E-state index in [1.807, 2.05) is 18.2 Å². The molecule has 0 N–H and O–H groups in total. The number of hydrogen-bond donors (Lipinski definition) is 0. The Hall–Kier alpha value is -0.860. The molecule has 12 heavy (non-hydrogen) atoms. The molecule has 64 valence electrons. The van der Waals surface area contributed by atoms with Gasteiger partial charge >= 0.3 is 0 Å². The van der Waals surface area contributed by atoms with Crippen molar-refractivity contribution in [1.82, 2.24) is 9.97 Å². The Morgan fingerprint density at radius 3 is 2.58 bits per heavy atom. The lowest BCUT2D eigenvalue weighted by Gasteiger charge is -1.90. The molecule has 0 aliphatic heterocycles. The van der Waals surface area contributed by atoms with Crippen LogP contribution in [0.15, 0.2) is 36.8 Å². The van der Waals surface area contributed by atoms with Gasteiger partial charge in [0.25, 0.3) is 0 Å². The van der Waals surface area contributed by atoms with Crippen molar-refractivity contribution in [2.24, 2.45) is 0 Å². The number of nitrogens with zero attached hydrogens (tertiary/aromatic N) is 2. The summed E-state index contributed by atoms with van der Waals surface area (Å²) in [6.45, 7) is 0. The largest absolute Gasteiger partial charge is 0.262 e. The summed E-state index contributed by atoms with van der Waals surface area (Å²) in [5.41, 5.74) is 0.949. The molecule has 2 aromatic heterocycles. The normalized spacial score (nSPS) is 8.33. The maximum Gasteiger partial charge on any atom is 0.0885 e. The van der Waals surface area contributed by atoms with E-state index < -0.39 is 0 Å². The van der Waals surface area contributed by atoms with E-state index >= 15 is 0 Å². The Morgan fingerprint density at radius 2 is 1.83 bits per heavy atom. The standard InChI is InChI=1S/C8H6N2.2ClH/c1-2-7-3-5-9-6-8(7)10-4-1;;/h1-6H;2*1H. The lowest BCUT2D eigenvalue weighted by Crippen LogP contribution is -1.76. The summed E-state index contributed by atoms with van der Waals surface area (Å²) in [7, 11) is 0. The highest BCUT2D eigenvalue weighted by Crippen LogP contribution is 2.05. The first-order valence-corrected chi connectivity index (χ1v) is 3.11. The predicted octanol–water partition coefficient (Wildman–Crippen LogP) is 2.47. The van der Waals surface area contributed by atoms with Gasteiger partial charge in [-0.15, -0.1) is 24.8 Å². The second kappa shape index (κ2) is 4.91. The summed E-state index contributed by atoms with van der Waals surface area (Å²) >= 11 is 0. The van der Waals surface area contributed by atoms with Gasteiger partial charge < -0.3 is 0 Å². The smallest absolute Gasteiger partial charge is 0.0885 e. The van der Waals surface area contributed by atoms with Crippen molar-refractivity contribution < 1.29 is 0 Å². The summed E-state index contributed by atoms with van der Waals surface area (Å²) in [5, 5.41) is 1.14. The van der Waals surface area contributed by atoms with Crippen LogP contribution in [0.2, 0.25) is 0 Å². The number of rotatable bonds is 0. The van der Waals surface area contributed by atoms with Crippen molar-refractivity contribution in [3.05, 3.63) is 36.8 Å². The Balaban J connectivity index is 0.000000605. The Morgan fingerprint density at radius 1 is 1.00 bits per heavy atom. The van der Waals surface area contributed by atoms with E-state index in [-0.39, 0.29) is 24.8 Å². The molecule has 2 rings (SSSR count). The van der Waals surface area contributed by atoms with Crippen LogP contribution in [0.1, 0.15) is 0 Å². The topological polar surface area (TPSA) is 25.8 Å². The van der Waals surface area contributed by atoms with Gasteiger partial charge in [0.05, 0.1) is 11.7 Å². The highest BCUT2D eigenvalue weighted by Gasteiger charge is 1.87. The monoisotopic (exact) mass is 202 g/mol. The van der Waals surface area contributed by atoms with E-state index in [4.69, 9.17) is 0 Å². The van der Waals surface area contributed by atoms with Crippen molar-refractivity contribution in [3.8, 4) is 0 Å². The van der Waals surface area contributed by atoms with Gasteiger partial charge in [0.2, 0.25) is 0 Å². The van der Waals surface area contributed by atoms with Crippen molar-refractivity contribution >= 4 is 35.7 Å². The van der Waals surface area contributed by atoms with Gasteiger partial charge in [0.15, 0.2) is 0 Å². The second-order valence-electron chi connectivity index (χ2n) is 2.07. The van der Waals surface area contributed by atoms with Gasteiger partial charge in [-0.3, -0.25) is 9.97 Å².